The minimum atomic E-state index is 0.396. The molecule has 0 saturated heterocycles. The Morgan fingerprint density at radius 2 is 2.25 bits per heavy atom. The Morgan fingerprint density at radius 3 is 3.00 bits per heavy atom. The van der Waals surface area contributed by atoms with Crippen molar-refractivity contribution in [2.24, 2.45) is 0 Å². The van der Waals surface area contributed by atoms with Crippen LogP contribution in [0.3, 0.4) is 0 Å². The fourth-order valence-electron chi connectivity index (χ4n) is 1.40. The molecule has 0 fully saturated rings. The Balaban J connectivity index is 2.33. The Morgan fingerprint density at radius 1 is 1.44 bits per heavy atom. The molecule has 0 aliphatic rings. The summed E-state index contributed by atoms with van der Waals surface area (Å²) in [5, 5.41) is 4.31. The Labute approximate surface area is 103 Å². The van der Waals surface area contributed by atoms with E-state index in [1.165, 1.54) is 0 Å². The summed E-state index contributed by atoms with van der Waals surface area (Å²) in [4.78, 5) is 8.75. The zero-order valence-corrected chi connectivity index (χ0v) is 11.0. The number of benzene rings is 1. The van der Waals surface area contributed by atoms with Gasteiger partial charge in [0.25, 0.3) is 0 Å². The van der Waals surface area contributed by atoms with Gasteiger partial charge in [-0.3, -0.25) is 0 Å². The number of nitrogens with one attached hydrogen (secondary N) is 1. The molecule has 0 amide bonds. The van der Waals surface area contributed by atoms with E-state index in [2.05, 4.69) is 45.1 Å². The SMILES string of the molecule is CCC(C)Nc1ncc2cc(Br)ccc2n1. The van der Waals surface area contributed by atoms with E-state index in [1.54, 1.807) is 0 Å². The third-order valence-electron chi connectivity index (χ3n) is 2.53. The highest BCUT2D eigenvalue weighted by Crippen LogP contribution is 2.18. The zero-order valence-electron chi connectivity index (χ0n) is 9.37. The maximum atomic E-state index is 4.46. The van der Waals surface area contributed by atoms with Crippen LogP contribution in [0, 0.1) is 0 Å². The Bertz CT molecular complexity index is 499. The topological polar surface area (TPSA) is 37.8 Å². The standard InChI is InChI=1S/C12H14BrN3/c1-3-8(2)15-12-14-7-9-6-10(13)4-5-11(9)16-12/h4-8H,3H2,1-2H3,(H,14,15,16). The highest BCUT2D eigenvalue weighted by Gasteiger charge is 2.03. The normalized spacial score (nSPS) is 12.7. The first-order valence-electron chi connectivity index (χ1n) is 5.38. The van der Waals surface area contributed by atoms with Gasteiger partial charge in [0.2, 0.25) is 5.95 Å². The number of rotatable bonds is 3. The second kappa shape index (κ2) is 4.78. The molecule has 2 rings (SSSR count). The van der Waals surface area contributed by atoms with Gasteiger partial charge < -0.3 is 5.32 Å². The van der Waals surface area contributed by atoms with Crippen LogP contribution in [0.5, 0.6) is 0 Å². The van der Waals surface area contributed by atoms with Crippen molar-refractivity contribution in [3.63, 3.8) is 0 Å². The summed E-state index contributed by atoms with van der Waals surface area (Å²) in [5.41, 5.74) is 0.962. The van der Waals surface area contributed by atoms with Gasteiger partial charge >= 0.3 is 0 Å². The summed E-state index contributed by atoms with van der Waals surface area (Å²) in [7, 11) is 0. The van der Waals surface area contributed by atoms with Crippen LogP contribution in [0.1, 0.15) is 20.3 Å². The predicted octanol–water partition coefficient (Wildman–Crippen LogP) is 3.60. The maximum Gasteiger partial charge on any atom is 0.223 e. The van der Waals surface area contributed by atoms with E-state index in [-0.39, 0.29) is 0 Å². The maximum absolute atomic E-state index is 4.46. The number of hydrogen-bond donors (Lipinski definition) is 1. The van der Waals surface area contributed by atoms with Crippen molar-refractivity contribution in [3.05, 3.63) is 28.9 Å². The van der Waals surface area contributed by atoms with E-state index in [9.17, 15) is 0 Å². The van der Waals surface area contributed by atoms with E-state index >= 15 is 0 Å². The van der Waals surface area contributed by atoms with Crippen LogP contribution >= 0.6 is 15.9 Å². The highest BCUT2D eigenvalue weighted by molar-refractivity contribution is 9.10. The molecule has 84 valence electrons. The summed E-state index contributed by atoms with van der Waals surface area (Å²) in [6.07, 6.45) is 2.90. The second-order valence-electron chi connectivity index (χ2n) is 3.85. The first-order valence-corrected chi connectivity index (χ1v) is 6.17. The predicted molar refractivity (Wildman–Crippen MR) is 70.6 cm³/mol. The van der Waals surface area contributed by atoms with Crippen LogP contribution in [-0.4, -0.2) is 16.0 Å². The van der Waals surface area contributed by atoms with E-state index in [4.69, 9.17) is 0 Å². The molecule has 0 bridgehead atoms. The third-order valence-corrected chi connectivity index (χ3v) is 3.02. The van der Waals surface area contributed by atoms with Crippen molar-refractivity contribution in [3.8, 4) is 0 Å². The zero-order chi connectivity index (χ0) is 11.5. The van der Waals surface area contributed by atoms with Crippen molar-refractivity contribution in [1.29, 1.82) is 0 Å². The fraction of sp³-hybridized carbons (Fsp3) is 0.333. The summed E-state index contributed by atoms with van der Waals surface area (Å²) >= 11 is 3.43. The molecule has 1 heterocycles. The van der Waals surface area contributed by atoms with Gasteiger partial charge in [0.15, 0.2) is 0 Å². The van der Waals surface area contributed by atoms with Crippen LogP contribution in [0.4, 0.5) is 5.95 Å². The Kier molecular flexibility index (Phi) is 3.39. The molecule has 0 aliphatic carbocycles. The fourth-order valence-corrected chi connectivity index (χ4v) is 1.78. The lowest BCUT2D eigenvalue weighted by molar-refractivity contribution is 0.754. The lowest BCUT2D eigenvalue weighted by Crippen LogP contribution is -2.15. The molecule has 0 saturated carbocycles. The molecule has 2 aromatic rings. The number of nitrogens with zero attached hydrogens (tertiary/aromatic N) is 2. The molecule has 1 aromatic carbocycles. The van der Waals surface area contributed by atoms with E-state index in [0.717, 1.165) is 21.8 Å². The summed E-state index contributed by atoms with van der Waals surface area (Å²) in [6.45, 7) is 4.25. The molecule has 0 spiro atoms. The lowest BCUT2D eigenvalue weighted by atomic mass is 10.2. The van der Waals surface area contributed by atoms with Crippen LogP contribution in [-0.2, 0) is 0 Å². The van der Waals surface area contributed by atoms with Crippen LogP contribution in [0.25, 0.3) is 10.9 Å². The van der Waals surface area contributed by atoms with Gasteiger partial charge in [-0.05, 0) is 31.5 Å². The second-order valence-corrected chi connectivity index (χ2v) is 4.77. The van der Waals surface area contributed by atoms with Gasteiger partial charge in [0, 0.05) is 22.1 Å². The minimum absolute atomic E-state index is 0.396. The molecular formula is C12H14BrN3. The van der Waals surface area contributed by atoms with Crippen molar-refractivity contribution < 1.29 is 0 Å². The van der Waals surface area contributed by atoms with Gasteiger partial charge in [0.05, 0.1) is 5.52 Å². The van der Waals surface area contributed by atoms with Crippen molar-refractivity contribution in [2.75, 3.05) is 5.32 Å². The van der Waals surface area contributed by atoms with Crippen LogP contribution < -0.4 is 5.32 Å². The van der Waals surface area contributed by atoms with E-state index in [1.807, 2.05) is 24.4 Å². The van der Waals surface area contributed by atoms with E-state index < -0.39 is 0 Å². The molecule has 0 aliphatic heterocycles. The summed E-state index contributed by atoms with van der Waals surface area (Å²) in [5.74, 6) is 0.698. The highest BCUT2D eigenvalue weighted by atomic mass is 79.9. The van der Waals surface area contributed by atoms with Crippen molar-refractivity contribution in [1.82, 2.24) is 9.97 Å². The van der Waals surface area contributed by atoms with Crippen LogP contribution in [0.2, 0.25) is 0 Å². The van der Waals surface area contributed by atoms with Gasteiger partial charge in [-0.1, -0.05) is 22.9 Å². The van der Waals surface area contributed by atoms with E-state index in [0.29, 0.717) is 12.0 Å². The monoisotopic (exact) mass is 279 g/mol. The Hall–Kier alpha value is -1.16. The molecule has 0 radical (unpaired) electrons. The quantitative estimate of drug-likeness (QED) is 0.933. The van der Waals surface area contributed by atoms with Crippen LogP contribution in [0.15, 0.2) is 28.9 Å². The molecule has 3 nitrogen and oxygen atoms in total. The minimum Gasteiger partial charge on any atom is -0.352 e. The van der Waals surface area contributed by atoms with Gasteiger partial charge in [-0.15, -0.1) is 0 Å². The number of anilines is 1. The average Bonchev–Trinajstić information content (AvgIpc) is 2.29. The average molecular weight is 280 g/mol. The smallest absolute Gasteiger partial charge is 0.223 e. The van der Waals surface area contributed by atoms with Gasteiger partial charge in [0.1, 0.15) is 0 Å². The van der Waals surface area contributed by atoms with Gasteiger partial charge in [-0.25, -0.2) is 9.97 Å². The molecular weight excluding hydrogens is 266 g/mol. The van der Waals surface area contributed by atoms with Crippen molar-refractivity contribution >= 4 is 32.8 Å². The molecule has 1 unspecified atom stereocenters. The molecule has 1 N–H and O–H groups in total. The molecule has 1 aromatic heterocycles. The number of aromatic nitrogens is 2. The summed E-state index contributed by atoms with van der Waals surface area (Å²) in [6, 6.07) is 6.39. The molecule has 4 heteroatoms. The first kappa shape index (κ1) is 11.3. The first-order chi connectivity index (χ1) is 7.69. The molecule has 1 atom stereocenters. The lowest BCUT2D eigenvalue weighted by Gasteiger charge is -2.11. The van der Waals surface area contributed by atoms with Crippen molar-refractivity contribution in [2.45, 2.75) is 26.3 Å². The summed E-state index contributed by atoms with van der Waals surface area (Å²) < 4.78 is 1.05. The third kappa shape index (κ3) is 2.50. The number of fused-ring (bicyclic) bond motifs is 1. The largest absolute Gasteiger partial charge is 0.352 e. The number of hydrogen-bond acceptors (Lipinski definition) is 3. The van der Waals surface area contributed by atoms with Gasteiger partial charge in [-0.2, -0.15) is 0 Å². The number of halogens is 1. The molecule has 16 heavy (non-hydrogen) atoms.